The van der Waals surface area contributed by atoms with E-state index in [4.69, 9.17) is 4.42 Å². The fourth-order valence-corrected chi connectivity index (χ4v) is 7.49. The number of hydrogen-bond acceptors (Lipinski definition) is 7. The Morgan fingerprint density at radius 1 is 0.886 bits per heavy atom. The second kappa shape index (κ2) is 10.7. The molecule has 0 bridgehead atoms. The Hall–Kier alpha value is -4.82. The molecule has 0 amide bonds. The predicted molar refractivity (Wildman–Crippen MR) is 161 cm³/mol. The van der Waals surface area contributed by atoms with Gasteiger partial charge in [0.25, 0.3) is 10.0 Å². The highest BCUT2D eigenvalue weighted by molar-refractivity contribution is 8.16. The van der Waals surface area contributed by atoms with Gasteiger partial charge in [-0.1, -0.05) is 60.3 Å². The van der Waals surface area contributed by atoms with Crippen LogP contribution in [0.4, 0.5) is 18.9 Å². The topological polar surface area (TPSA) is 105 Å². The van der Waals surface area contributed by atoms with Crippen LogP contribution in [0, 0.1) is 0 Å². The molecule has 2 atom stereocenters. The van der Waals surface area contributed by atoms with Crippen molar-refractivity contribution in [2.24, 2.45) is 9.50 Å². The zero-order valence-electron chi connectivity index (χ0n) is 22.5. The van der Waals surface area contributed by atoms with Gasteiger partial charge in [0.15, 0.2) is 22.5 Å². The number of fused-ring (bicyclic) bond motifs is 1. The third kappa shape index (κ3) is 5.05. The Morgan fingerprint density at radius 2 is 1.59 bits per heavy atom. The smallest absolute Gasteiger partial charge is 0.435 e. The Kier molecular flexibility index (Phi) is 6.81. The number of rotatable bonds is 6. The number of nitrogens with zero attached hydrogens (tertiary/aromatic N) is 5. The Labute approximate surface area is 253 Å². The quantitative estimate of drug-likeness (QED) is 0.228. The highest BCUT2D eigenvalue weighted by Crippen LogP contribution is 2.42. The van der Waals surface area contributed by atoms with Crippen LogP contribution >= 0.6 is 11.8 Å². The molecular formula is C30H21F3N6O3S2. The number of furan rings is 1. The molecule has 2 aliphatic rings. The number of nitrogens with one attached hydrogen (secondary N) is 1. The first-order valence-electron chi connectivity index (χ1n) is 13.3. The van der Waals surface area contributed by atoms with Gasteiger partial charge in [0.2, 0.25) is 0 Å². The predicted octanol–water partition coefficient (Wildman–Crippen LogP) is 6.48. The lowest BCUT2D eigenvalue weighted by Gasteiger charge is -2.18. The molecule has 7 rings (SSSR count). The Balaban J connectivity index is 1.24. The van der Waals surface area contributed by atoms with Gasteiger partial charge in [-0.25, -0.2) is 4.68 Å². The summed E-state index contributed by atoms with van der Waals surface area (Å²) in [5.74, 6) is 0.802. The lowest BCUT2D eigenvalue weighted by molar-refractivity contribution is -0.141. The molecule has 1 N–H and O–H groups in total. The molecule has 3 aromatic carbocycles. The lowest BCUT2D eigenvalue weighted by Crippen LogP contribution is -2.32. The minimum absolute atomic E-state index is 0.0629. The van der Waals surface area contributed by atoms with E-state index in [0.29, 0.717) is 11.5 Å². The number of anilines is 1. The molecule has 2 aromatic heterocycles. The van der Waals surface area contributed by atoms with Crippen molar-refractivity contribution in [1.82, 2.24) is 15.2 Å². The van der Waals surface area contributed by atoms with Crippen molar-refractivity contribution in [3.05, 3.63) is 121 Å². The molecule has 0 aliphatic carbocycles. The number of alkyl halides is 3. The summed E-state index contributed by atoms with van der Waals surface area (Å²) in [5.41, 5.74) is 4.03. The SMILES string of the molecule is O=S(=O)(/N=C1\SC2C(=NNC2c2ccccc2)N1c1ccccc1)c1ccc(-n2nc(C(F)(F)F)cc2-c2ccco2)cc1. The van der Waals surface area contributed by atoms with Gasteiger partial charge in [0, 0.05) is 11.8 Å². The molecule has 44 heavy (non-hydrogen) atoms. The van der Waals surface area contributed by atoms with Crippen LogP contribution in [0.3, 0.4) is 0 Å². The molecule has 1 saturated heterocycles. The Morgan fingerprint density at radius 3 is 2.25 bits per heavy atom. The fourth-order valence-electron chi connectivity index (χ4n) is 5.00. The molecule has 4 heterocycles. The lowest BCUT2D eigenvalue weighted by atomic mass is 10.0. The van der Waals surface area contributed by atoms with Crippen LogP contribution in [-0.2, 0) is 16.2 Å². The number of halogens is 3. The Bertz CT molecular complexity index is 1980. The molecule has 2 unspecified atom stereocenters. The van der Waals surface area contributed by atoms with Gasteiger partial charge in [0.05, 0.1) is 28.1 Å². The first kappa shape index (κ1) is 28.0. The molecular weight excluding hydrogens is 613 g/mol. The molecule has 1 fully saturated rings. The van der Waals surface area contributed by atoms with Crippen LogP contribution in [0.5, 0.6) is 0 Å². The minimum atomic E-state index is -4.69. The first-order valence-corrected chi connectivity index (χ1v) is 15.6. The number of amidine groups is 2. The van der Waals surface area contributed by atoms with Gasteiger partial charge in [-0.15, -0.1) is 4.40 Å². The molecule has 14 heteroatoms. The zero-order chi connectivity index (χ0) is 30.5. The third-order valence-corrected chi connectivity index (χ3v) is 9.67. The van der Waals surface area contributed by atoms with E-state index in [1.54, 1.807) is 11.0 Å². The summed E-state index contributed by atoms with van der Waals surface area (Å²) in [7, 11) is -4.25. The van der Waals surface area contributed by atoms with E-state index in [9.17, 15) is 21.6 Å². The van der Waals surface area contributed by atoms with Gasteiger partial charge >= 0.3 is 6.18 Å². The molecule has 0 saturated carbocycles. The maximum absolute atomic E-state index is 13.6. The summed E-state index contributed by atoms with van der Waals surface area (Å²) in [6.07, 6.45) is -3.35. The van der Waals surface area contributed by atoms with Crippen molar-refractivity contribution >= 4 is 38.5 Å². The standard InChI is InChI=1S/C30H21F3N6O3S2/c31-30(32,33)25-18-23(24-12-7-17-42-24)39(36-25)21-13-15-22(16-14-21)44(40,41)37-29-38(20-10-5-2-6-11-20)28-27(43-29)26(34-35-28)19-8-3-1-4-9-19/h1-18,26-27,34H/b37-29-. The maximum atomic E-state index is 13.6. The van der Waals surface area contributed by atoms with Gasteiger partial charge in [0.1, 0.15) is 5.69 Å². The van der Waals surface area contributed by atoms with E-state index < -0.39 is 21.9 Å². The van der Waals surface area contributed by atoms with Crippen molar-refractivity contribution < 1.29 is 26.0 Å². The average Bonchev–Trinajstić information content (AvgIpc) is 3.82. The summed E-state index contributed by atoms with van der Waals surface area (Å²) in [5, 5.41) is 8.27. The van der Waals surface area contributed by atoms with E-state index >= 15 is 0 Å². The number of benzene rings is 3. The monoisotopic (exact) mass is 634 g/mol. The van der Waals surface area contributed by atoms with Crippen molar-refractivity contribution in [3.63, 3.8) is 0 Å². The highest BCUT2D eigenvalue weighted by Gasteiger charge is 2.46. The molecule has 0 spiro atoms. The molecule has 2 aliphatic heterocycles. The minimum Gasteiger partial charge on any atom is -0.463 e. The van der Waals surface area contributed by atoms with Crippen LogP contribution in [0.15, 0.2) is 128 Å². The van der Waals surface area contributed by atoms with Crippen molar-refractivity contribution in [1.29, 1.82) is 0 Å². The van der Waals surface area contributed by atoms with E-state index in [1.165, 1.54) is 48.4 Å². The number of aromatic nitrogens is 2. The first-order chi connectivity index (χ1) is 21.2. The molecule has 9 nitrogen and oxygen atoms in total. The molecule has 5 aromatic rings. The summed E-state index contributed by atoms with van der Waals surface area (Å²) in [4.78, 5) is 1.58. The van der Waals surface area contributed by atoms with Crippen molar-refractivity contribution in [3.8, 4) is 17.1 Å². The molecule has 0 radical (unpaired) electrons. The molecule has 222 valence electrons. The number of hydrogen-bond donors (Lipinski definition) is 1. The van der Waals surface area contributed by atoms with Crippen LogP contribution in [-0.4, -0.2) is 34.5 Å². The number of hydrazone groups is 1. The van der Waals surface area contributed by atoms with E-state index in [0.717, 1.165) is 16.3 Å². The maximum Gasteiger partial charge on any atom is 0.435 e. The van der Waals surface area contributed by atoms with E-state index in [2.05, 4.69) is 20.0 Å². The number of para-hydroxylation sites is 1. The van der Waals surface area contributed by atoms with Gasteiger partial charge in [-0.05, 0) is 54.1 Å². The second-order valence-corrected chi connectivity index (χ2v) is 12.6. The van der Waals surface area contributed by atoms with Crippen LogP contribution < -0.4 is 10.3 Å². The van der Waals surface area contributed by atoms with E-state index in [-0.39, 0.29) is 38.5 Å². The van der Waals surface area contributed by atoms with Crippen molar-refractivity contribution in [2.45, 2.75) is 22.4 Å². The fraction of sp³-hybridized carbons (Fsp3) is 0.100. The average molecular weight is 635 g/mol. The second-order valence-electron chi connectivity index (χ2n) is 9.84. The van der Waals surface area contributed by atoms with E-state index in [1.807, 2.05) is 60.7 Å². The van der Waals surface area contributed by atoms with Gasteiger partial charge < -0.3 is 4.42 Å². The summed E-state index contributed by atoms with van der Waals surface area (Å²) < 4.78 is 78.3. The van der Waals surface area contributed by atoms with Crippen molar-refractivity contribution in [2.75, 3.05) is 4.90 Å². The normalized spacial score (nSPS) is 19.2. The largest absolute Gasteiger partial charge is 0.463 e. The highest BCUT2D eigenvalue weighted by atomic mass is 32.2. The summed E-state index contributed by atoms with van der Waals surface area (Å²) in [6, 6.07) is 28.0. The summed E-state index contributed by atoms with van der Waals surface area (Å²) >= 11 is 1.29. The summed E-state index contributed by atoms with van der Waals surface area (Å²) in [6.45, 7) is 0. The van der Waals surface area contributed by atoms with Crippen LogP contribution in [0.1, 0.15) is 17.3 Å². The zero-order valence-corrected chi connectivity index (χ0v) is 24.1. The number of sulfonamides is 1. The van der Waals surface area contributed by atoms with Crippen LogP contribution in [0.25, 0.3) is 17.1 Å². The number of thioether (sulfide) groups is 1. The van der Waals surface area contributed by atoms with Gasteiger partial charge in [-0.2, -0.15) is 31.8 Å². The van der Waals surface area contributed by atoms with Crippen LogP contribution in [0.2, 0.25) is 0 Å². The van der Waals surface area contributed by atoms with Gasteiger partial charge in [-0.3, -0.25) is 10.3 Å². The third-order valence-electron chi connectivity index (χ3n) is 7.05.